The first-order chi connectivity index (χ1) is 18.6. The second kappa shape index (κ2) is 9.95. The third-order valence-electron chi connectivity index (χ3n) is 14.3. The van der Waals surface area contributed by atoms with Gasteiger partial charge in [0.15, 0.2) is 5.78 Å². The zero-order chi connectivity index (χ0) is 29.4. The molecule has 5 aliphatic rings. The van der Waals surface area contributed by atoms with E-state index in [1.54, 1.807) is 0 Å². The Kier molecular flexibility index (Phi) is 7.54. The fraction of sp³-hybridized carbons (Fsp3) is 0.889. The lowest BCUT2D eigenvalue weighted by Crippen LogP contribution is -2.66. The smallest absolute Gasteiger partial charge is 0.311 e. The summed E-state index contributed by atoms with van der Waals surface area (Å²) in [6.45, 7) is 19.0. The Morgan fingerprint density at radius 2 is 1.62 bits per heavy atom. The summed E-state index contributed by atoms with van der Waals surface area (Å²) in [5.74, 6) is 0.884. The van der Waals surface area contributed by atoms with Gasteiger partial charge in [-0.25, -0.2) is 0 Å². The first kappa shape index (κ1) is 30.3. The van der Waals surface area contributed by atoms with Crippen LogP contribution in [0.4, 0.5) is 0 Å². The summed E-state index contributed by atoms with van der Waals surface area (Å²) < 4.78 is 5.89. The molecule has 4 heteroatoms. The number of esters is 1. The molecule has 40 heavy (non-hydrogen) atoms. The number of hydrogen-bond donors (Lipinski definition) is 1. The van der Waals surface area contributed by atoms with Gasteiger partial charge in [0.05, 0.1) is 18.1 Å². The van der Waals surface area contributed by atoms with E-state index in [-0.39, 0.29) is 51.0 Å². The molecule has 4 nitrogen and oxygen atoms in total. The number of allylic oxidation sites excluding steroid dienone is 2. The molecular weight excluding hydrogens is 496 g/mol. The van der Waals surface area contributed by atoms with Crippen LogP contribution in [0, 0.1) is 50.2 Å². The molecule has 4 saturated carbocycles. The fourth-order valence-electron chi connectivity index (χ4n) is 11.2. The van der Waals surface area contributed by atoms with Gasteiger partial charge < -0.3 is 9.84 Å². The summed E-state index contributed by atoms with van der Waals surface area (Å²) in [5, 5.41) is 11.0. The van der Waals surface area contributed by atoms with Crippen LogP contribution < -0.4 is 0 Å². The van der Waals surface area contributed by atoms with Gasteiger partial charge in [0.2, 0.25) is 0 Å². The Morgan fingerprint density at radius 3 is 2.33 bits per heavy atom. The highest BCUT2D eigenvalue weighted by atomic mass is 16.5. The van der Waals surface area contributed by atoms with Gasteiger partial charge in [-0.3, -0.25) is 9.59 Å². The van der Waals surface area contributed by atoms with Crippen molar-refractivity contribution in [2.75, 3.05) is 6.61 Å². The van der Waals surface area contributed by atoms with Gasteiger partial charge in [-0.05, 0) is 116 Å². The summed E-state index contributed by atoms with van der Waals surface area (Å²) in [5.41, 5.74) is 0.576. The molecule has 0 bridgehead atoms. The maximum Gasteiger partial charge on any atom is 0.311 e. The Labute approximate surface area is 244 Å². The van der Waals surface area contributed by atoms with Gasteiger partial charge in [0, 0.05) is 5.92 Å². The number of hydrogen-bond acceptors (Lipinski definition) is 4. The summed E-state index contributed by atoms with van der Waals surface area (Å²) >= 11 is 0. The maximum absolute atomic E-state index is 14.5. The van der Waals surface area contributed by atoms with E-state index in [1.807, 2.05) is 0 Å². The number of aliphatic hydroxyl groups excluding tert-OH is 1. The average Bonchev–Trinajstić information content (AvgIpc) is 2.88. The largest absolute Gasteiger partial charge is 0.465 e. The first-order valence-electron chi connectivity index (χ1n) is 16.7. The molecule has 1 unspecified atom stereocenters. The van der Waals surface area contributed by atoms with E-state index in [4.69, 9.17) is 4.74 Å². The maximum atomic E-state index is 14.5. The predicted octanol–water partition coefficient (Wildman–Crippen LogP) is 8.45. The molecule has 0 saturated heterocycles. The molecule has 0 aliphatic heterocycles. The monoisotopic (exact) mass is 554 g/mol. The second-order valence-corrected chi connectivity index (χ2v) is 16.8. The van der Waals surface area contributed by atoms with Gasteiger partial charge in [-0.1, -0.05) is 73.3 Å². The van der Waals surface area contributed by atoms with Crippen molar-refractivity contribution in [2.24, 2.45) is 50.2 Å². The van der Waals surface area contributed by atoms with Crippen molar-refractivity contribution in [3.05, 3.63) is 11.6 Å². The van der Waals surface area contributed by atoms with Crippen molar-refractivity contribution >= 4 is 11.8 Å². The van der Waals surface area contributed by atoms with Crippen molar-refractivity contribution in [1.29, 1.82) is 0 Å². The summed E-state index contributed by atoms with van der Waals surface area (Å²) in [6.07, 6.45) is 15.0. The lowest BCUT2D eigenvalue weighted by atomic mass is 9.33. The molecule has 4 fully saturated rings. The van der Waals surface area contributed by atoms with Gasteiger partial charge in [0.25, 0.3) is 0 Å². The molecule has 226 valence electrons. The van der Waals surface area contributed by atoms with E-state index in [1.165, 1.54) is 18.4 Å². The average molecular weight is 555 g/mol. The van der Waals surface area contributed by atoms with Crippen LogP contribution >= 0.6 is 0 Å². The number of carbonyl (C=O) groups is 2. The van der Waals surface area contributed by atoms with Gasteiger partial charge in [-0.2, -0.15) is 0 Å². The molecule has 0 aromatic rings. The first-order valence-corrected chi connectivity index (χ1v) is 16.7. The van der Waals surface area contributed by atoms with Crippen LogP contribution in [0.2, 0.25) is 0 Å². The number of unbranched alkanes of at least 4 members (excludes halogenated alkanes) is 3. The molecule has 1 N–H and O–H groups in total. The number of fused-ring (bicyclic) bond motifs is 7. The zero-order valence-corrected chi connectivity index (χ0v) is 27.0. The molecule has 5 aliphatic carbocycles. The molecule has 5 rings (SSSR count). The minimum Gasteiger partial charge on any atom is -0.465 e. The highest BCUT2D eigenvalue weighted by molar-refractivity contribution is 5.95. The Bertz CT molecular complexity index is 1060. The number of carbonyl (C=O) groups excluding carboxylic acids is 2. The minimum absolute atomic E-state index is 0.00769. The van der Waals surface area contributed by atoms with Gasteiger partial charge in [-0.15, -0.1) is 0 Å². The molecule has 0 aromatic carbocycles. The zero-order valence-electron chi connectivity index (χ0n) is 27.0. The van der Waals surface area contributed by atoms with E-state index in [2.05, 4.69) is 61.5 Å². The van der Waals surface area contributed by atoms with E-state index in [0.717, 1.165) is 70.6 Å². The van der Waals surface area contributed by atoms with Crippen LogP contribution in [-0.2, 0) is 14.3 Å². The lowest BCUT2D eigenvalue weighted by molar-refractivity contribution is -0.202. The number of ketones is 1. The SMILES string of the molecule is CCCCCCOC(=O)[C@@]1(C)CC[C@]2(C)CC[C@]3(C)C(=CC(=O)[C@@H]4[C@@]5(C)CC[C@H](O)C(C)(C)C5CC[C@]43C)[C@H]2C1. The highest BCUT2D eigenvalue weighted by Gasteiger charge is 2.70. The van der Waals surface area contributed by atoms with Crippen molar-refractivity contribution in [2.45, 2.75) is 145 Å². The van der Waals surface area contributed by atoms with Crippen molar-refractivity contribution < 1.29 is 19.4 Å². The Morgan fingerprint density at radius 1 is 0.925 bits per heavy atom. The molecule has 0 spiro atoms. The van der Waals surface area contributed by atoms with E-state index in [0.29, 0.717) is 18.3 Å². The Hall–Kier alpha value is -1.16. The summed E-state index contributed by atoms with van der Waals surface area (Å²) in [4.78, 5) is 27.9. The van der Waals surface area contributed by atoms with Crippen LogP contribution in [0.1, 0.15) is 139 Å². The second-order valence-electron chi connectivity index (χ2n) is 16.8. The van der Waals surface area contributed by atoms with Crippen molar-refractivity contribution in [3.63, 3.8) is 0 Å². The molecule has 0 heterocycles. The van der Waals surface area contributed by atoms with Crippen LogP contribution in [0.3, 0.4) is 0 Å². The fourth-order valence-corrected chi connectivity index (χ4v) is 11.2. The molecule has 0 radical (unpaired) electrons. The normalized spacial score (nSPS) is 47.7. The van der Waals surface area contributed by atoms with Gasteiger partial charge >= 0.3 is 5.97 Å². The van der Waals surface area contributed by atoms with E-state index < -0.39 is 5.41 Å². The number of rotatable bonds is 6. The summed E-state index contributed by atoms with van der Waals surface area (Å²) in [6, 6.07) is 0. The topological polar surface area (TPSA) is 63.6 Å². The Balaban J connectivity index is 1.47. The number of ether oxygens (including phenoxy) is 1. The summed E-state index contributed by atoms with van der Waals surface area (Å²) in [7, 11) is 0. The number of aliphatic hydroxyl groups is 1. The van der Waals surface area contributed by atoms with Crippen LogP contribution in [0.15, 0.2) is 11.6 Å². The minimum atomic E-state index is -0.484. The quantitative estimate of drug-likeness (QED) is 0.264. The van der Waals surface area contributed by atoms with E-state index in [9.17, 15) is 14.7 Å². The highest BCUT2D eigenvalue weighted by Crippen LogP contribution is 2.75. The molecule has 0 amide bonds. The lowest BCUT2D eigenvalue weighted by Gasteiger charge is -2.70. The van der Waals surface area contributed by atoms with Crippen LogP contribution in [0.5, 0.6) is 0 Å². The predicted molar refractivity (Wildman–Crippen MR) is 161 cm³/mol. The van der Waals surface area contributed by atoms with Crippen LogP contribution in [0.25, 0.3) is 0 Å². The van der Waals surface area contributed by atoms with Crippen molar-refractivity contribution in [1.82, 2.24) is 0 Å². The molecular formula is C36H58O4. The van der Waals surface area contributed by atoms with Crippen LogP contribution in [-0.4, -0.2) is 29.6 Å². The van der Waals surface area contributed by atoms with Gasteiger partial charge in [0.1, 0.15) is 0 Å². The molecule has 0 aromatic heterocycles. The van der Waals surface area contributed by atoms with Crippen molar-refractivity contribution in [3.8, 4) is 0 Å². The third kappa shape index (κ3) is 4.22. The molecule has 9 atom stereocenters. The van der Waals surface area contributed by atoms with E-state index >= 15 is 0 Å². The standard InChI is InChI=1S/C36H58O4/c1-9-10-11-12-21-40-30(39)33(5)18-17-32(4)19-20-35(7)24(25(32)23-33)22-26(37)29-34(6)15-14-28(38)31(2,3)27(34)13-16-36(29,35)8/h22,25,27-29,38H,9-21,23H2,1-8H3/t25-,27?,28+,29-,32-,33+,34+,35-,36-/m1/s1. The third-order valence-corrected chi connectivity index (χ3v) is 14.3.